The lowest BCUT2D eigenvalue weighted by Gasteiger charge is -2.23. The highest BCUT2D eigenvalue weighted by Crippen LogP contribution is 2.18. The van der Waals surface area contributed by atoms with Crippen LogP contribution in [0.15, 0.2) is 60.7 Å². The van der Waals surface area contributed by atoms with Crippen molar-refractivity contribution in [3.63, 3.8) is 0 Å². The van der Waals surface area contributed by atoms with Gasteiger partial charge in [0.05, 0.1) is 6.10 Å². The first-order chi connectivity index (χ1) is 13.7. The monoisotopic (exact) mass is 381 g/mol. The van der Waals surface area contributed by atoms with Gasteiger partial charge in [-0.2, -0.15) is 0 Å². The largest absolute Gasteiger partial charge is 0.364 e. The Kier molecular flexibility index (Phi) is 8.03. The average molecular weight is 382 g/mol. The molecule has 3 N–H and O–H groups in total. The molecule has 0 aromatic heterocycles. The van der Waals surface area contributed by atoms with Crippen molar-refractivity contribution < 1.29 is 9.53 Å². The molecule has 28 heavy (non-hydrogen) atoms. The molecule has 0 aliphatic carbocycles. The van der Waals surface area contributed by atoms with Gasteiger partial charge < -0.3 is 15.8 Å². The molecule has 0 saturated carbocycles. The van der Waals surface area contributed by atoms with Crippen LogP contribution in [0.2, 0.25) is 0 Å². The van der Waals surface area contributed by atoms with Gasteiger partial charge in [0, 0.05) is 32.7 Å². The van der Waals surface area contributed by atoms with E-state index in [1.165, 1.54) is 11.1 Å². The fourth-order valence-electron chi connectivity index (χ4n) is 3.60. The van der Waals surface area contributed by atoms with Gasteiger partial charge >= 0.3 is 0 Å². The molecule has 5 nitrogen and oxygen atoms in total. The summed E-state index contributed by atoms with van der Waals surface area (Å²) in [5.74, 6) is -0.00591. The quantitative estimate of drug-likeness (QED) is 0.621. The summed E-state index contributed by atoms with van der Waals surface area (Å²) < 4.78 is 5.66. The first kappa shape index (κ1) is 20.5. The van der Waals surface area contributed by atoms with Crippen molar-refractivity contribution in [2.24, 2.45) is 5.73 Å². The molecule has 2 aromatic carbocycles. The third kappa shape index (κ3) is 6.44. The minimum absolute atomic E-state index is 0.00591. The van der Waals surface area contributed by atoms with E-state index in [1.54, 1.807) is 0 Å². The van der Waals surface area contributed by atoms with Gasteiger partial charge in [0.1, 0.15) is 6.10 Å². The summed E-state index contributed by atoms with van der Waals surface area (Å²) in [7, 11) is 0. The lowest BCUT2D eigenvalue weighted by atomic mass is 10.1. The van der Waals surface area contributed by atoms with Crippen LogP contribution in [0.3, 0.4) is 0 Å². The molecule has 5 heteroatoms. The van der Waals surface area contributed by atoms with E-state index >= 15 is 0 Å². The van der Waals surface area contributed by atoms with Gasteiger partial charge in [-0.25, -0.2) is 0 Å². The lowest BCUT2D eigenvalue weighted by Crippen LogP contribution is -2.37. The second-order valence-electron chi connectivity index (χ2n) is 7.39. The van der Waals surface area contributed by atoms with Crippen molar-refractivity contribution in [1.29, 1.82) is 0 Å². The zero-order chi connectivity index (χ0) is 19.6. The Labute approximate surface area is 167 Å². The first-order valence-corrected chi connectivity index (χ1v) is 10.2. The number of amides is 1. The van der Waals surface area contributed by atoms with E-state index in [1.807, 2.05) is 12.1 Å². The first-order valence-electron chi connectivity index (χ1n) is 10.2. The van der Waals surface area contributed by atoms with Gasteiger partial charge in [0.25, 0.3) is 0 Å². The number of carbonyl (C=O) groups is 1. The third-order valence-corrected chi connectivity index (χ3v) is 5.11. The van der Waals surface area contributed by atoms with E-state index in [4.69, 9.17) is 10.5 Å². The van der Waals surface area contributed by atoms with Crippen LogP contribution >= 0.6 is 0 Å². The Bertz CT molecular complexity index is 667. The molecule has 3 rings (SSSR count). The van der Waals surface area contributed by atoms with E-state index in [-0.39, 0.29) is 18.1 Å². The Balaban J connectivity index is 1.46. The van der Waals surface area contributed by atoms with Crippen LogP contribution in [0.1, 0.15) is 30.4 Å². The van der Waals surface area contributed by atoms with Crippen LogP contribution < -0.4 is 11.1 Å². The summed E-state index contributed by atoms with van der Waals surface area (Å²) in [6.45, 7) is 3.85. The Morgan fingerprint density at radius 2 is 1.61 bits per heavy atom. The molecule has 0 unspecified atom stereocenters. The molecular weight excluding hydrogens is 350 g/mol. The zero-order valence-electron chi connectivity index (χ0n) is 16.4. The second-order valence-corrected chi connectivity index (χ2v) is 7.39. The fraction of sp³-hybridized carbons (Fsp3) is 0.435. The molecule has 2 atom stereocenters. The molecule has 2 aromatic rings. The molecule has 1 saturated heterocycles. The van der Waals surface area contributed by atoms with E-state index < -0.39 is 0 Å². The maximum atomic E-state index is 12.2. The van der Waals surface area contributed by atoms with Gasteiger partial charge in [0.2, 0.25) is 5.91 Å². The number of ether oxygens (including phenoxy) is 1. The lowest BCUT2D eigenvalue weighted by molar-refractivity contribution is -0.131. The highest BCUT2D eigenvalue weighted by molar-refractivity contribution is 5.80. The van der Waals surface area contributed by atoms with Crippen LogP contribution in [0, 0.1) is 0 Å². The van der Waals surface area contributed by atoms with Gasteiger partial charge in [-0.3, -0.25) is 9.69 Å². The van der Waals surface area contributed by atoms with Crippen LogP contribution in [-0.2, 0) is 22.6 Å². The SMILES string of the molecule is NC[C@H]1CC[C@@H](C(=O)NCCCN(Cc2ccccc2)Cc2ccccc2)O1. The Morgan fingerprint density at radius 1 is 1.00 bits per heavy atom. The predicted octanol–water partition coefficient (Wildman–Crippen LogP) is 2.70. The summed E-state index contributed by atoms with van der Waals surface area (Å²) in [4.78, 5) is 14.7. The maximum Gasteiger partial charge on any atom is 0.249 e. The molecule has 1 aliphatic heterocycles. The molecule has 1 heterocycles. The Hall–Kier alpha value is -2.21. The van der Waals surface area contributed by atoms with Gasteiger partial charge in [-0.1, -0.05) is 60.7 Å². The number of nitrogens with zero attached hydrogens (tertiary/aromatic N) is 1. The molecular formula is C23H31N3O2. The Morgan fingerprint density at radius 3 is 2.14 bits per heavy atom. The standard InChI is InChI=1S/C23H31N3O2/c24-16-21-12-13-22(28-21)23(27)25-14-7-15-26(17-19-8-3-1-4-9-19)18-20-10-5-2-6-11-20/h1-6,8-11,21-22H,7,12-18,24H2,(H,25,27)/t21-,22+/m1/s1. The van der Waals surface area contributed by atoms with Crippen LogP contribution in [0.5, 0.6) is 0 Å². The summed E-state index contributed by atoms with van der Waals surface area (Å²) in [5, 5.41) is 3.02. The highest BCUT2D eigenvalue weighted by atomic mass is 16.5. The van der Waals surface area contributed by atoms with Crippen molar-refractivity contribution in [2.75, 3.05) is 19.6 Å². The van der Waals surface area contributed by atoms with Crippen molar-refractivity contribution in [2.45, 2.75) is 44.6 Å². The number of nitrogens with one attached hydrogen (secondary N) is 1. The number of rotatable bonds is 10. The third-order valence-electron chi connectivity index (χ3n) is 5.11. The number of hydrogen-bond donors (Lipinski definition) is 2. The van der Waals surface area contributed by atoms with Crippen molar-refractivity contribution in [3.05, 3.63) is 71.8 Å². The predicted molar refractivity (Wildman–Crippen MR) is 112 cm³/mol. The number of carbonyl (C=O) groups excluding carboxylic acids is 1. The summed E-state index contributed by atoms with van der Waals surface area (Å²) in [5.41, 5.74) is 8.22. The molecule has 0 spiro atoms. The minimum Gasteiger partial charge on any atom is -0.364 e. The smallest absolute Gasteiger partial charge is 0.249 e. The fourth-order valence-corrected chi connectivity index (χ4v) is 3.60. The van der Waals surface area contributed by atoms with E-state index in [9.17, 15) is 4.79 Å². The number of benzene rings is 2. The van der Waals surface area contributed by atoms with E-state index in [0.29, 0.717) is 13.1 Å². The van der Waals surface area contributed by atoms with Crippen molar-refractivity contribution in [3.8, 4) is 0 Å². The zero-order valence-corrected chi connectivity index (χ0v) is 16.4. The molecule has 1 fully saturated rings. The number of nitrogens with two attached hydrogens (primary N) is 1. The summed E-state index contributed by atoms with van der Waals surface area (Å²) >= 11 is 0. The normalized spacial score (nSPS) is 19.1. The highest BCUT2D eigenvalue weighted by Gasteiger charge is 2.29. The van der Waals surface area contributed by atoms with Crippen LogP contribution in [0.4, 0.5) is 0 Å². The minimum atomic E-state index is -0.335. The second kappa shape index (κ2) is 11.0. The van der Waals surface area contributed by atoms with E-state index in [0.717, 1.165) is 38.9 Å². The average Bonchev–Trinajstić information content (AvgIpc) is 3.22. The molecule has 0 bridgehead atoms. The topological polar surface area (TPSA) is 67.6 Å². The summed E-state index contributed by atoms with van der Waals surface area (Å²) in [6.07, 6.45) is 2.23. The van der Waals surface area contributed by atoms with Crippen molar-refractivity contribution in [1.82, 2.24) is 10.2 Å². The van der Waals surface area contributed by atoms with Gasteiger partial charge in [0.15, 0.2) is 0 Å². The van der Waals surface area contributed by atoms with Gasteiger partial charge in [-0.15, -0.1) is 0 Å². The number of hydrogen-bond acceptors (Lipinski definition) is 4. The molecule has 0 radical (unpaired) electrons. The van der Waals surface area contributed by atoms with Crippen LogP contribution in [-0.4, -0.2) is 42.6 Å². The van der Waals surface area contributed by atoms with Gasteiger partial charge in [-0.05, 0) is 30.4 Å². The van der Waals surface area contributed by atoms with E-state index in [2.05, 4.69) is 58.7 Å². The maximum absolute atomic E-state index is 12.2. The molecule has 150 valence electrons. The summed E-state index contributed by atoms with van der Waals surface area (Å²) in [6, 6.07) is 21.0. The molecule has 1 aliphatic rings. The van der Waals surface area contributed by atoms with Crippen LogP contribution in [0.25, 0.3) is 0 Å². The van der Waals surface area contributed by atoms with Crippen molar-refractivity contribution >= 4 is 5.91 Å². The molecule has 1 amide bonds.